The van der Waals surface area contributed by atoms with Crippen molar-refractivity contribution in [3.63, 3.8) is 0 Å². The van der Waals surface area contributed by atoms with Crippen LogP contribution < -0.4 is 4.74 Å². The highest BCUT2D eigenvalue weighted by Crippen LogP contribution is 2.26. The summed E-state index contributed by atoms with van der Waals surface area (Å²) in [5, 5.41) is 0. The molecule has 0 spiro atoms. The summed E-state index contributed by atoms with van der Waals surface area (Å²) < 4.78 is 40.8. The van der Waals surface area contributed by atoms with E-state index < -0.39 is 12.4 Å². The number of halogens is 3. The third kappa shape index (κ3) is 6.59. The first-order chi connectivity index (χ1) is 17.2. The van der Waals surface area contributed by atoms with Crippen molar-refractivity contribution in [3.8, 4) is 5.75 Å². The smallest absolute Gasteiger partial charge is 0.406 e. The van der Waals surface area contributed by atoms with E-state index in [2.05, 4.69) is 4.74 Å². The molecule has 3 saturated heterocycles. The number of carbonyl (C=O) groups excluding carboxylic acids is 3. The average molecular weight is 508 g/mol. The molecule has 3 aliphatic rings. The second kappa shape index (κ2) is 11.3. The molecular weight excluding hydrogens is 475 g/mol. The summed E-state index contributed by atoms with van der Waals surface area (Å²) in [5.41, 5.74) is 0.542. The number of carbonyl (C=O) groups is 3. The van der Waals surface area contributed by atoms with Gasteiger partial charge in [0.25, 0.3) is 0 Å². The van der Waals surface area contributed by atoms with Gasteiger partial charge in [-0.15, -0.1) is 13.2 Å². The van der Waals surface area contributed by atoms with Crippen molar-refractivity contribution < 1.29 is 32.3 Å². The Morgan fingerprint density at radius 2 is 1.44 bits per heavy atom. The molecule has 0 unspecified atom stereocenters. The van der Waals surface area contributed by atoms with Gasteiger partial charge in [-0.05, 0) is 68.7 Å². The Morgan fingerprint density at radius 3 is 2.08 bits per heavy atom. The van der Waals surface area contributed by atoms with Crippen LogP contribution in [0.2, 0.25) is 0 Å². The van der Waals surface area contributed by atoms with E-state index in [-0.39, 0.29) is 29.4 Å². The number of rotatable bonds is 5. The van der Waals surface area contributed by atoms with E-state index in [9.17, 15) is 27.6 Å². The second-order valence-corrected chi connectivity index (χ2v) is 9.63. The SMILES string of the molecule is O=C(C1CCN(C(=O)[C@@H]2CCCN2C(=O)/C=C/c2ccc(OC(F)(F)F)cc2)CC1)N1CCCCC1. The molecule has 3 aliphatic heterocycles. The van der Waals surface area contributed by atoms with Crippen LogP contribution in [0.25, 0.3) is 6.08 Å². The summed E-state index contributed by atoms with van der Waals surface area (Å²) in [6.07, 6.45) is 3.99. The second-order valence-electron chi connectivity index (χ2n) is 9.63. The summed E-state index contributed by atoms with van der Waals surface area (Å²) >= 11 is 0. The molecule has 0 radical (unpaired) electrons. The standard InChI is InChI=1S/C26H32F3N3O4/c27-26(28,29)36-21-9-6-19(7-10-21)8-11-23(33)32-16-4-5-22(32)25(35)31-17-12-20(13-18-31)24(34)30-14-2-1-3-15-30/h6-11,20,22H,1-5,12-18H2/b11-8+/t22-/m0/s1. The first-order valence-electron chi connectivity index (χ1n) is 12.6. The summed E-state index contributed by atoms with van der Waals surface area (Å²) in [7, 11) is 0. The molecule has 0 saturated carbocycles. The van der Waals surface area contributed by atoms with Crippen LogP contribution in [0.1, 0.15) is 50.5 Å². The molecule has 1 aromatic carbocycles. The summed E-state index contributed by atoms with van der Waals surface area (Å²) in [4.78, 5) is 44.2. The molecule has 1 atom stereocenters. The van der Waals surface area contributed by atoms with Gasteiger partial charge in [0.1, 0.15) is 11.8 Å². The maximum Gasteiger partial charge on any atom is 0.573 e. The van der Waals surface area contributed by atoms with E-state index >= 15 is 0 Å². The third-order valence-electron chi connectivity index (χ3n) is 7.18. The quantitative estimate of drug-likeness (QED) is 0.568. The number of ether oxygens (including phenoxy) is 1. The van der Waals surface area contributed by atoms with Crippen LogP contribution in [0, 0.1) is 5.92 Å². The number of hydrogen-bond acceptors (Lipinski definition) is 4. The van der Waals surface area contributed by atoms with Crippen LogP contribution in [0.5, 0.6) is 5.75 Å². The highest BCUT2D eigenvalue weighted by molar-refractivity contribution is 5.96. The molecule has 0 aromatic heterocycles. The lowest BCUT2D eigenvalue weighted by Crippen LogP contribution is -2.51. The van der Waals surface area contributed by atoms with E-state index in [0.717, 1.165) is 32.4 Å². The normalized spacial score (nSPS) is 21.8. The van der Waals surface area contributed by atoms with Gasteiger partial charge in [-0.3, -0.25) is 14.4 Å². The third-order valence-corrected chi connectivity index (χ3v) is 7.18. The van der Waals surface area contributed by atoms with Crippen molar-refractivity contribution in [3.05, 3.63) is 35.9 Å². The van der Waals surface area contributed by atoms with Gasteiger partial charge in [0.15, 0.2) is 0 Å². The molecule has 10 heteroatoms. The van der Waals surface area contributed by atoms with Crippen LogP contribution in [0.3, 0.4) is 0 Å². The largest absolute Gasteiger partial charge is 0.573 e. The summed E-state index contributed by atoms with van der Waals surface area (Å²) in [6, 6.07) is 4.68. The Balaban J connectivity index is 1.29. The Morgan fingerprint density at radius 1 is 0.806 bits per heavy atom. The maximum absolute atomic E-state index is 13.2. The molecule has 3 heterocycles. The van der Waals surface area contributed by atoms with Crippen LogP contribution in [0.4, 0.5) is 13.2 Å². The van der Waals surface area contributed by atoms with Gasteiger partial charge in [-0.25, -0.2) is 0 Å². The van der Waals surface area contributed by atoms with Crippen molar-refractivity contribution in [1.29, 1.82) is 0 Å². The molecule has 196 valence electrons. The van der Waals surface area contributed by atoms with Gasteiger partial charge in [-0.1, -0.05) is 12.1 Å². The zero-order chi connectivity index (χ0) is 25.7. The van der Waals surface area contributed by atoms with Gasteiger partial charge in [0.05, 0.1) is 0 Å². The number of benzene rings is 1. The molecule has 1 aromatic rings. The lowest BCUT2D eigenvalue weighted by molar-refractivity contribution is -0.274. The summed E-state index contributed by atoms with van der Waals surface area (Å²) in [6.45, 7) is 3.17. The molecule has 0 bridgehead atoms. The minimum absolute atomic E-state index is 0.0377. The highest BCUT2D eigenvalue weighted by atomic mass is 19.4. The van der Waals surface area contributed by atoms with Gasteiger partial charge in [0.2, 0.25) is 17.7 Å². The Hall–Kier alpha value is -3.04. The number of amides is 3. The van der Waals surface area contributed by atoms with Crippen molar-refractivity contribution >= 4 is 23.8 Å². The van der Waals surface area contributed by atoms with Crippen molar-refractivity contribution in [1.82, 2.24) is 14.7 Å². The monoisotopic (exact) mass is 507 g/mol. The Kier molecular flexibility index (Phi) is 8.21. The molecule has 0 aliphatic carbocycles. The lowest BCUT2D eigenvalue weighted by Gasteiger charge is -2.37. The first-order valence-corrected chi connectivity index (χ1v) is 12.6. The topological polar surface area (TPSA) is 70.2 Å². The predicted molar refractivity (Wildman–Crippen MR) is 127 cm³/mol. The fourth-order valence-electron chi connectivity index (χ4n) is 5.26. The van der Waals surface area contributed by atoms with Crippen LogP contribution in [-0.4, -0.2) is 77.5 Å². The minimum Gasteiger partial charge on any atom is -0.406 e. The van der Waals surface area contributed by atoms with Crippen molar-refractivity contribution in [2.24, 2.45) is 5.92 Å². The number of hydrogen-bond donors (Lipinski definition) is 0. The zero-order valence-electron chi connectivity index (χ0n) is 20.2. The molecule has 0 N–H and O–H groups in total. The van der Waals surface area contributed by atoms with Gasteiger partial charge >= 0.3 is 6.36 Å². The van der Waals surface area contributed by atoms with Gasteiger partial charge in [-0.2, -0.15) is 0 Å². The Labute approximate surface area is 208 Å². The van der Waals surface area contributed by atoms with Crippen LogP contribution in [-0.2, 0) is 14.4 Å². The Bertz CT molecular complexity index is 966. The van der Waals surface area contributed by atoms with Crippen molar-refractivity contribution in [2.45, 2.75) is 57.3 Å². The fourth-order valence-corrected chi connectivity index (χ4v) is 5.26. The van der Waals surface area contributed by atoms with Crippen LogP contribution >= 0.6 is 0 Å². The van der Waals surface area contributed by atoms with E-state index in [1.807, 2.05) is 4.90 Å². The van der Waals surface area contributed by atoms with E-state index in [1.165, 1.54) is 42.8 Å². The van der Waals surface area contributed by atoms with Crippen molar-refractivity contribution in [2.75, 3.05) is 32.7 Å². The zero-order valence-corrected chi connectivity index (χ0v) is 20.2. The number of piperidine rings is 2. The molecule has 3 fully saturated rings. The number of alkyl halides is 3. The molecule has 3 amide bonds. The van der Waals surface area contributed by atoms with Crippen LogP contribution in [0.15, 0.2) is 30.3 Å². The summed E-state index contributed by atoms with van der Waals surface area (Å²) in [5.74, 6) is -0.548. The van der Waals surface area contributed by atoms with E-state index in [0.29, 0.717) is 44.5 Å². The molecule has 7 nitrogen and oxygen atoms in total. The van der Waals surface area contributed by atoms with Gasteiger partial charge < -0.3 is 19.4 Å². The minimum atomic E-state index is -4.76. The molecule has 4 rings (SSSR count). The first kappa shape index (κ1) is 26.0. The maximum atomic E-state index is 13.2. The van der Waals surface area contributed by atoms with E-state index in [4.69, 9.17) is 0 Å². The van der Waals surface area contributed by atoms with Gasteiger partial charge in [0, 0.05) is 44.7 Å². The highest BCUT2D eigenvalue weighted by Gasteiger charge is 2.38. The predicted octanol–water partition coefficient (Wildman–Crippen LogP) is 3.84. The molecule has 36 heavy (non-hydrogen) atoms. The number of nitrogens with zero attached hydrogens (tertiary/aromatic N) is 3. The number of likely N-dealkylation sites (tertiary alicyclic amines) is 3. The molecular formula is C26H32F3N3O4. The fraction of sp³-hybridized carbons (Fsp3) is 0.577. The van der Waals surface area contributed by atoms with E-state index in [1.54, 1.807) is 9.80 Å². The lowest BCUT2D eigenvalue weighted by atomic mass is 9.94. The average Bonchev–Trinajstić information content (AvgIpc) is 3.37.